The average molecular weight is 440 g/mol. The van der Waals surface area contributed by atoms with Crippen LogP contribution >= 0.6 is 0 Å². The molecule has 1 heterocycles. The van der Waals surface area contributed by atoms with E-state index >= 15 is 0 Å². The summed E-state index contributed by atoms with van der Waals surface area (Å²) in [4.78, 5) is 15.0. The lowest BCUT2D eigenvalue weighted by molar-refractivity contribution is -0.135. The molecule has 3 aromatic carbocycles. The van der Waals surface area contributed by atoms with Crippen LogP contribution in [0.4, 0.5) is 0 Å². The molecule has 0 saturated carbocycles. The molecule has 1 aliphatic heterocycles. The van der Waals surface area contributed by atoms with Gasteiger partial charge >= 0.3 is 5.97 Å². The highest BCUT2D eigenvalue weighted by molar-refractivity contribution is 7.97. The molecule has 1 saturated heterocycles. The summed E-state index contributed by atoms with van der Waals surface area (Å²) in [7, 11) is 0.304. The van der Waals surface area contributed by atoms with Gasteiger partial charge < -0.3 is 4.74 Å². The van der Waals surface area contributed by atoms with Gasteiger partial charge in [-0.1, -0.05) is 54.6 Å². The summed E-state index contributed by atoms with van der Waals surface area (Å²) < 4.78 is 6.17. The Kier molecular flexibility index (Phi) is 5.15. The molecule has 0 amide bonds. The molecule has 2 aliphatic carbocycles. The monoisotopic (exact) mass is 439 g/mol. The Labute approximate surface area is 192 Å². The third-order valence-electron chi connectivity index (χ3n) is 7.00. The first-order valence-corrected chi connectivity index (χ1v) is 13.3. The first-order valence-electron chi connectivity index (χ1n) is 11.7. The van der Waals surface area contributed by atoms with E-state index in [-0.39, 0.29) is 11.9 Å². The van der Waals surface area contributed by atoms with E-state index in [0.29, 0.717) is 16.6 Å². The van der Waals surface area contributed by atoms with Gasteiger partial charge in [-0.25, -0.2) is 0 Å². The molecule has 1 fully saturated rings. The number of hydrogen-bond donors (Lipinski definition) is 0. The molecule has 0 N–H and O–H groups in total. The molecule has 1 unspecified atom stereocenters. The summed E-state index contributed by atoms with van der Waals surface area (Å²) in [6.45, 7) is 0. The Morgan fingerprint density at radius 2 is 1.66 bits per heavy atom. The van der Waals surface area contributed by atoms with Crippen molar-refractivity contribution in [1.82, 2.24) is 0 Å². The summed E-state index contributed by atoms with van der Waals surface area (Å²) in [5.41, 5.74) is 4.69. The zero-order chi connectivity index (χ0) is 21.5. The fourth-order valence-corrected chi connectivity index (χ4v) is 8.00. The second-order valence-electron chi connectivity index (χ2n) is 8.89. The second-order valence-corrected chi connectivity index (χ2v) is 11.1. The van der Waals surface area contributed by atoms with Crippen molar-refractivity contribution in [2.45, 2.75) is 42.9 Å². The van der Waals surface area contributed by atoms with Gasteiger partial charge in [-0.2, -0.15) is 0 Å². The van der Waals surface area contributed by atoms with Crippen LogP contribution in [0.2, 0.25) is 0 Å². The minimum Gasteiger partial charge on any atom is -0.425 e. The van der Waals surface area contributed by atoms with Gasteiger partial charge in [-0.15, -0.1) is 0 Å². The van der Waals surface area contributed by atoms with E-state index in [2.05, 4.69) is 54.6 Å². The number of carbonyl (C=O) groups is 1. The van der Waals surface area contributed by atoms with Crippen molar-refractivity contribution in [3.8, 4) is 5.75 Å². The normalized spacial score (nSPS) is 20.3. The second kappa shape index (κ2) is 8.29. The fraction of sp³-hybridized carbons (Fsp3) is 0.276. The zero-order valence-corrected chi connectivity index (χ0v) is 19.0. The van der Waals surface area contributed by atoms with Crippen LogP contribution in [-0.2, 0) is 15.7 Å². The number of allylic oxidation sites excluding steroid dienone is 3. The van der Waals surface area contributed by atoms with Gasteiger partial charge in [0.25, 0.3) is 0 Å². The molecule has 0 bridgehead atoms. The fourth-order valence-electron chi connectivity index (χ4n) is 5.50. The topological polar surface area (TPSA) is 26.3 Å². The number of fused-ring (bicyclic) bond motifs is 3. The molecule has 1 atom stereocenters. The quantitative estimate of drug-likeness (QED) is 0.255. The Morgan fingerprint density at radius 1 is 0.875 bits per heavy atom. The largest absolute Gasteiger partial charge is 0.425 e. The third kappa shape index (κ3) is 3.31. The highest BCUT2D eigenvalue weighted by atomic mass is 32.2. The molecular formula is C29H27O2S+. The Bertz CT molecular complexity index is 1260. The Balaban J connectivity index is 1.37. The number of rotatable bonds is 3. The van der Waals surface area contributed by atoms with Crippen molar-refractivity contribution >= 4 is 33.2 Å². The Hall–Kier alpha value is -2.78. The predicted molar refractivity (Wildman–Crippen MR) is 133 cm³/mol. The van der Waals surface area contributed by atoms with Gasteiger partial charge in [0.05, 0.1) is 0 Å². The van der Waals surface area contributed by atoms with E-state index in [1.54, 1.807) is 0 Å². The van der Waals surface area contributed by atoms with Crippen molar-refractivity contribution in [3.05, 3.63) is 89.5 Å². The smallest absolute Gasteiger partial charge is 0.323 e. The van der Waals surface area contributed by atoms with Crippen LogP contribution in [0, 0.1) is 0 Å². The van der Waals surface area contributed by atoms with E-state index in [1.165, 1.54) is 57.8 Å². The van der Waals surface area contributed by atoms with Gasteiger partial charge in [0.2, 0.25) is 0 Å². The highest BCUT2D eigenvalue weighted by Gasteiger charge is 2.37. The maximum atomic E-state index is 13.6. The minimum absolute atomic E-state index is 0.157. The summed E-state index contributed by atoms with van der Waals surface area (Å²) in [6.07, 6.45) is 10.3. The predicted octanol–water partition coefficient (Wildman–Crippen LogP) is 6.81. The van der Waals surface area contributed by atoms with E-state index in [0.717, 1.165) is 23.8 Å². The van der Waals surface area contributed by atoms with Gasteiger partial charge in [-0.05, 0) is 72.6 Å². The summed E-state index contributed by atoms with van der Waals surface area (Å²) in [5, 5.41) is 2.30. The first kappa shape index (κ1) is 19.9. The third-order valence-corrected chi connectivity index (χ3v) is 9.54. The molecule has 3 aliphatic rings. The van der Waals surface area contributed by atoms with Gasteiger partial charge in [0, 0.05) is 21.7 Å². The lowest BCUT2D eigenvalue weighted by atomic mass is 9.91. The standard InChI is InChI=1S/C29H27O2S/c30-29(28-24-14-6-2-10-20(24)21-11-3-7-15-25(21)28)31-26-16-17-27(32-18-8-1-9-19-32)23-13-5-4-12-22(23)26/h2-6,10-14,16-17,28H,1,7-9,15,18-19H2/q+1. The van der Waals surface area contributed by atoms with E-state index in [9.17, 15) is 4.79 Å². The number of benzene rings is 3. The van der Waals surface area contributed by atoms with Gasteiger partial charge in [-0.3, -0.25) is 4.79 Å². The summed E-state index contributed by atoms with van der Waals surface area (Å²) in [6, 6.07) is 21.0. The zero-order valence-electron chi connectivity index (χ0n) is 18.2. The van der Waals surface area contributed by atoms with Crippen LogP contribution < -0.4 is 4.74 Å². The maximum Gasteiger partial charge on any atom is 0.323 e. The number of carbonyl (C=O) groups excluding carboxylic acids is 1. The lowest BCUT2D eigenvalue weighted by Crippen LogP contribution is -2.20. The van der Waals surface area contributed by atoms with Crippen LogP contribution in [0.1, 0.15) is 49.1 Å². The highest BCUT2D eigenvalue weighted by Crippen LogP contribution is 2.47. The molecule has 32 heavy (non-hydrogen) atoms. The molecule has 3 aromatic rings. The molecule has 0 radical (unpaired) electrons. The minimum atomic E-state index is -0.301. The average Bonchev–Trinajstić information content (AvgIpc) is 3.19. The van der Waals surface area contributed by atoms with Crippen LogP contribution in [0.5, 0.6) is 5.75 Å². The first-order chi connectivity index (χ1) is 15.8. The molecule has 3 heteroatoms. The van der Waals surface area contributed by atoms with Crippen LogP contribution in [0.25, 0.3) is 16.3 Å². The molecule has 160 valence electrons. The number of esters is 1. The van der Waals surface area contributed by atoms with Crippen molar-refractivity contribution in [2.24, 2.45) is 0 Å². The van der Waals surface area contributed by atoms with E-state index < -0.39 is 0 Å². The molecule has 0 spiro atoms. The molecule has 6 rings (SSSR count). The molecule has 2 nitrogen and oxygen atoms in total. The summed E-state index contributed by atoms with van der Waals surface area (Å²) in [5.74, 6) is 2.80. The summed E-state index contributed by atoms with van der Waals surface area (Å²) >= 11 is 0. The molecular weight excluding hydrogens is 412 g/mol. The Morgan fingerprint density at radius 3 is 2.53 bits per heavy atom. The van der Waals surface area contributed by atoms with Gasteiger partial charge in [0.1, 0.15) is 23.2 Å². The number of hydrogen-bond acceptors (Lipinski definition) is 2. The van der Waals surface area contributed by atoms with Crippen molar-refractivity contribution in [1.29, 1.82) is 0 Å². The molecule has 0 aromatic heterocycles. The SMILES string of the molecule is O=C(Oc1ccc([S+]2CCCCC2)c2ccccc12)C1C2=C(C=CCC2)c2ccccc21. The maximum absolute atomic E-state index is 13.6. The van der Waals surface area contributed by atoms with E-state index in [4.69, 9.17) is 4.74 Å². The lowest BCUT2D eigenvalue weighted by Gasteiger charge is -2.19. The number of ether oxygens (including phenoxy) is 1. The van der Waals surface area contributed by atoms with Gasteiger partial charge in [0.15, 0.2) is 4.90 Å². The van der Waals surface area contributed by atoms with Crippen molar-refractivity contribution < 1.29 is 9.53 Å². The van der Waals surface area contributed by atoms with E-state index in [1.807, 2.05) is 18.2 Å². The van der Waals surface area contributed by atoms with Crippen LogP contribution in [0.15, 0.2) is 83.3 Å². The van der Waals surface area contributed by atoms with Crippen LogP contribution in [0.3, 0.4) is 0 Å². The van der Waals surface area contributed by atoms with Crippen molar-refractivity contribution in [3.63, 3.8) is 0 Å². The van der Waals surface area contributed by atoms with Crippen molar-refractivity contribution in [2.75, 3.05) is 11.5 Å². The van der Waals surface area contributed by atoms with Crippen LogP contribution in [-0.4, -0.2) is 17.5 Å².